The predicted octanol–water partition coefficient (Wildman–Crippen LogP) is 3.28. The molecule has 1 aromatic heterocycles. The summed E-state index contributed by atoms with van der Waals surface area (Å²) in [6.07, 6.45) is 2.46. The van der Waals surface area contributed by atoms with Crippen LogP contribution >= 0.6 is 0 Å². The largest absolute Gasteiger partial charge is 0.493 e. The van der Waals surface area contributed by atoms with E-state index in [1.165, 1.54) is 0 Å². The highest BCUT2D eigenvalue weighted by Crippen LogP contribution is 2.35. The van der Waals surface area contributed by atoms with Gasteiger partial charge in [-0.1, -0.05) is 13.8 Å². The molecule has 1 aliphatic rings. The molecule has 0 saturated carbocycles. The Labute approximate surface area is 206 Å². The number of benzene rings is 1. The van der Waals surface area contributed by atoms with Gasteiger partial charge in [0.05, 0.1) is 19.7 Å². The molecule has 1 saturated heterocycles. The molecule has 0 aliphatic carbocycles. The number of anilines is 1. The van der Waals surface area contributed by atoms with Crippen molar-refractivity contribution < 1.29 is 23.8 Å². The fourth-order valence-electron chi connectivity index (χ4n) is 4.12. The van der Waals surface area contributed by atoms with Gasteiger partial charge in [-0.25, -0.2) is 14.8 Å². The van der Waals surface area contributed by atoms with Crippen molar-refractivity contribution in [1.29, 1.82) is 0 Å². The number of alkyl carbamates (subject to hydrolysis) is 1. The molecule has 1 aliphatic heterocycles. The lowest BCUT2D eigenvalue weighted by Gasteiger charge is -2.34. The molecule has 1 aromatic carbocycles. The van der Waals surface area contributed by atoms with Crippen molar-refractivity contribution in [2.75, 3.05) is 32.2 Å². The molecule has 0 unspecified atom stereocenters. The molecule has 35 heavy (non-hydrogen) atoms. The number of hydrogen-bond acceptors (Lipinski definition) is 8. The minimum atomic E-state index is -0.670. The molecular weight excluding hydrogens is 450 g/mol. The standard InChI is InChI=1S/C25H37N5O5/c1-15(2)21(29-24(32)35-25(3,4)5)23(31)28-16-8-10-30(11-9-16)22-17-12-19(33-6)20(34-7)13-18(17)26-14-27-22/h12-16,21H,8-11H2,1-7H3,(H,28,31)(H,29,32)/t21-/m0/s1. The first-order valence-corrected chi connectivity index (χ1v) is 11.9. The third kappa shape index (κ3) is 6.64. The first kappa shape index (κ1) is 26.3. The maximum Gasteiger partial charge on any atom is 0.408 e. The van der Waals surface area contributed by atoms with Crippen LogP contribution in [-0.4, -0.2) is 67.0 Å². The van der Waals surface area contributed by atoms with E-state index in [-0.39, 0.29) is 17.9 Å². The first-order valence-electron chi connectivity index (χ1n) is 11.9. The minimum absolute atomic E-state index is 0.00293. The number of methoxy groups -OCH3 is 2. The Morgan fingerprint density at radius 2 is 1.69 bits per heavy atom. The van der Waals surface area contributed by atoms with Crippen molar-refractivity contribution in [2.24, 2.45) is 5.92 Å². The van der Waals surface area contributed by atoms with Crippen LogP contribution in [0.25, 0.3) is 10.9 Å². The number of nitrogens with one attached hydrogen (secondary N) is 2. The van der Waals surface area contributed by atoms with Gasteiger partial charge in [-0.2, -0.15) is 0 Å². The van der Waals surface area contributed by atoms with E-state index in [4.69, 9.17) is 14.2 Å². The van der Waals surface area contributed by atoms with E-state index >= 15 is 0 Å². The quantitative estimate of drug-likeness (QED) is 0.612. The highest BCUT2D eigenvalue weighted by Gasteiger charge is 2.30. The van der Waals surface area contributed by atoms with Gasteiger partial charge >= 0.3 is 6.09 Å². The number of nitrogens with zero attached hydrogens (tertiary/aromatic N) is 3. The molecule has 0 spiro atoms. The van der Waals surface area contributed by atoms with Crippen LogP contribution in [0.4, 0.5) is 10.6 Å². The molecule has 10 heteroatoms. The van der Waals surface area contributed by atoms with Crippen molar-refractivity contribution in [1.82, 2.24) is 20.6 Å². The average molecular weight is 488 g/mol. The lowest BCUT2D eigenvalue weighted by atomic mass is 10.0. The van der Waals surface area contributed by atoms with Gasteiger partial charge in [0.2, 0.25) is 5.91 Å². The van der Waals surface area contributed by atoms with E-state index in [9.17, 15) is 9.59 Å². The predicted molar refractivity (Wildman–Crippen MR) is 134 cm³/mol. The van der Waals surface area contributed by atoms with E-state index in [1.807, 2.05) is 26.0 Å². The van der Waals surface area contributed by atoms with E-state index in [1.54, 1.807) is 41.3 Å². The number of amides is 2. The second kappa shape index (κ2) is 11.0. The van der Waals surface area contributed by atoms with E-state index in [2.05, 4.69) is 25.5 Å². The van der Waals surface area contributed by atoms with Gasteiger partial charge in [0.25, 0.3) is 0 Å². The molecule has 3 rings (SSSR count). The molecule has 10 nitrogen and oxygen atoms in total. The summed E-state index contributed by atoms with van der Waals surface area (Å²) in [6, 6.07) is 3.07. The van der Waals surface area contributed by atoms with Crippen LogP contribution in [0.2, 0.25) is 0 Å². The van der Waals surface area contributed by atoms with Crippen LogP contribution in [0.15, 0.2) is 18.5 Å². The zero-order valence-corrected chi connectivity index (χ0v) is 21.7. The van der Waals surface area contributed by atoms with E-state index in [0.29, 0.717) is 11.5 Å². The summed E-state index contributed by atoms with van der Waals surface area (Å²) >= 11 is 0. The number of ether oxygens (including phenoxy) is 3. The highest BCUT2D eigenvalue weighted by molar-refractivity contribution is 5.92. The van der Waals surface area contributed by atoms with Crippen LogP contribution in [-0.2, 0) is 9.53 Å². The second-order valence-corrected chi connectivity index (χ2v) is 10.1. The fourth-order valence-corrected chi connectivity index (χ4v) is 4.12. The number of carbonyl (C=O) groups is 2. The molecule has 2 amide bonds. The molecule has 0 bridgehead atoms. The zero-order chi connectivity index (χ0) is 25.8. The van der Waals surface area contributed by atoms with Crippen LogP contribution < -0.4 is 25.0 Å². The number of carbonyl (C=O) groups excluding carboxylic acids is 2. The summed E-state index contributed by atoms with van der Waals surface area (Å²) in [5.41, 5.74) is 0.144. The normalized spacial score (nSPS) is 15.6. The van der Waals surface area contributed by atoms with Gasteiger partial charge in [0.15, 0.2) is 11.5 Å². The number of rotatable bonds is 7. The summed E-state index contributed by atoms with van der Waals surface area (Å²) < 4.78 is 16.2. The van der Waals surface area contributed by atoms with Crippen LogP contribution in [0, 0.1) is 5.92 Å². The Hall–Kier alpha value is -3.30. The Bertz CT molecular complexity index is 1040. The third-order valence-electron chi connectivity index (χ3n) is 5.88. The fraction of sp³-hybridized carbons (Fsp3) is 0.600. The first-order chi connectivity index (χ1) is 16.5. The zero-order valence-electron chi connectivity index (χ0n) is 21.7. The van der Waals surface area contributed by atoms with Crippen molar-refractivity contribution in [3.8, 4) is 11.5 Å². The third-order valence-corrected chi connectivity index (χ3v) is 5.88. The van der Waals surface area contributed by atoms with Crippen LogP contribution in [0.5, 0.6) is 11.5 Å². The van der Waals surface area contributed by atoms with Crippen molar-refractivity contribution in [3.63, 3.8) is 0 Å². The average Bonchev–Trinajstić information content (AvgIpc) is 2.80. The Kier molecular flexibility index (Phi) is 8.24. The van der Waals surface area contributed by atoms with Crippen LogP contribution in [0.3, 0.4) is 0 Å². The number of hydrogen-bond donors (Lipinski definition) is 2. The minimum Gasteiger partial charge on any atom is -0.493 e. The molecule has 1 atom stereocenters. The smallest absolute Gasteiger partial charge is 0.408 e. The Morgan fingerprint density at radius 3 is 2.26 bits per heavy atom. The SMILES string of the molecule is COc1cc2ncnc(N3CCC(NC(=O)[C@@H](NC(=O)OC(C)(C)C)C(C)C)CC3)c2cc1OC. The van der Waals surface area contributed by atoms with Crippen LogP contribution in [0.1, 0.15) is 47.5 Å². The van der Waals surface area contributed by atoms with Crippen molar-refractivity contribution in [2.45, 2.75) is 65.1 Å². The van der Waals surface area contributed by atoms with Gasteiger partial charge in [0, 0.05) is 30.6 Å². The van der Waals surface area contributed by atoms with Gasteiger partial charge in [0.1, 0.15) is 23.8 Å². The number of fused-ring (bicyclic) bond motifs is 1. The Balaban J connectivity index is 1.65. The van der Waals surface area contributed by atoms with Gasteiger partial charge in [-0.3, -0.25) is 4.79 Å². The lowest BCUT2D eigenvalue weighted by molar-refractivity contribution is -0.125. The van der Waals surface area contributed by atoms with Crippen molar-refractivity contribution in [3.05, 3.63) is 18.5 Å². The molecule has 1 fully saturated rings. The topological polar surface area (TPSA) is 115 Å². The molecule has 192 valence electrons. The molecular formula is C25H37N5O5. The molecule has 0 radical (unpaired) electrons. The molecule has 2 N–H and O–H groups in total. The van der Waals surface area contributed by atoms with E-state index < -0.39 is 17.7 Å². The second-order valence-electron chi connectivity index (χ2n) is 10.1. The van der Waals surface area contributed by atoms with Crippen molar-refractivity contribution >= 4 is 28.7 Å². The monoisotopic (exact) mass is 487 g/mol. The number of piperidine rings is 1. The van der Waals surface area contributed by atoms with Gasteiger partial charge < -0.3 is 29.7 Å². The maximum absolute atomic E-state index is 13.0. The number of aromatic nitrogens is 2. The summed E-state index contributed by atoms with van der Waals surface area (Å²) in [6.45, 7) is 10.6. The highest BCUT2D eigenvalue weighted by atomic mass is 16.6. The summed E-state index contributed by atoms with van der Waals surface area (Å²) in [5.74, 6) is 1.78. The summed E-state index contributed by atoms with van der Waals surface area (Å²) in [5, 5.41) is 6.70. The summed E-state index contributed by atoms with van der Waals surface area (Å²) in [4.78, 5) is 36.3. The maximum atomic E-state index is 13.0. The van der Waals surface area contributed by atoms with Gasteiger partial charge in [-0.15, -0.1) is 0 Å². The Morgan fingerprint density at radius 1 is 1.06 bits per heavy atom. The van der Waals surface area contributed by atoms with E-state index in [0.717, 1.165) is 42.7 Å². The molecule has 2 aromatic rings. The lowest BCUT2D eigenvalue weighted by Crippen LogP contribution is -2.54. The van der Waals surface area contributed by atoms with Gasteiger partial charge in [-0.05, 0) is 45.6 Å². The summed E-state index contributed by atoms with van der Waals surface area (Å²) in [7, 11) is 3.20. The molecule has 2 heterocycles.